The number of alkyl halides is 1. The van der Waals surface area contributed by atoms with E-state index in [-0.39, 0.29) is 5.60 Å². The van der Waals surface area contributed by atoms with E-state index in [1.54, 1.807) is 0 Å². The van der Waals surface area contributed by atoms with Gasteiger partial charge in [0.25, 0.3) is 0 Å². The van der Waals surface area contributed by atoms with Crippen LogP contribution in [0.1, 0.15) is 84.0 Å². The van der Waals surface area contributed by atoms with Gasteiger partial charge in [0.1, 0.15) is 6.79 Å². The Kier molecular flexibility index (Phi) is 6.98. The van der Waals surface area contributed by atoms with Crippen LogP contribution in [0.4, 0.5) is 0 Å². The minimum absolute atomic E-state index is 0.102. The van der Waals surface area contributed by atoms with Gasteiger partial charge in [0.05, 0.1) is 32.0 Å². The molecule has 0 atom stereocenters. The van der Waals surface area contributed by atoms with Crippen molar-refractivity contribution in [3.8, 4) is 0 Å². The molecular weight excluding hydrogens is 467 g/mol. The van der Waals surface area contributed by atoms with Crippen molar-refractivity contribution >= 4 is 22.6 Å². The van der Waals surface area contributed by atoms with Crippen molar-refractivity contribution < 1.29 is 18.9 Å². The van der Waals surface area contributed by atoms with E-state index < -0.39 is 0 Å². The van der Waals surface area contributed by atoms with Gasteiger partial charge in [-0.15, -0.1) is 0 Å². The maximum absolute atomic E-state index is 6.32. The zero-order valence-corrected chi connectivity index (χ0v) is 19.9. The first-order valence-corrected chi connectivity index (χ1v) is 12.7. The van der Waals surface area contributed by atoms with Gasteiger partial charge < -0.3 is 18.9 Å². The van der Waals surface area contributed by atoms with Crippen LogP contribution in [0.5, 0.6) is 0 Å². The summed E-state index contributed by atoms with van der Waals surface area (Å²) >= 11 is 2.78. The van der Waals surface area contributed by atoms with Gasteiger partial charge in [-0.05, 0) is 94.8 Å². The highest BCUT2D eigenvalue weighted by molar-refractivity contribution is 14.1. The number of rotatable bonds is 11. The Morgan fingerprint density at radius 2 is 1.07 bits per heavy atom. The monoisotopic (exact) mass is 506 g/mol. The third kappa shape index (κ3) is 4.30. The molecule has 0 amide bonds. The second-order valence-electron chi connectivity index (χ2n) is 9.87. The van der Waals surface area contributed by atoms with Crippen LogP contribution in [0.3, 0.4) is 0 Å². The molecule has 0 heterocycles. The molecule has 0 aromatic heterocycles. The molecule has 6 rings (SSSR count). The Morgan fingerprint density at radius 3 is 1.61 bits per heavy atom. The molecule has 0 aromatic carbocycles. The summed E-state index contributed by atoms with van der Waals surface area (Å²) in [5.74, 6) is 0. The van der Waals surface area contributed by atoms with Crippen LogP contribution < -0.4 is 0 Å². The molecular formula is C23H39IO4. The fraction of sp³-hybridized carbons (Fsp3) is 1.00. The first kappa shape index (κ1) is 21.8. The Balaban J connectivity index is 1.18. The van der Waals surface area contributed by atoms with Gasteiger partial charge in [-0.2, -0.15) is 0 Å². The smallest absolute Gasteiger partial charge is 0.147 e. The molecule has 0 radical (unpaired) electrons. The van der Waals surface area contributed by atoms with Crippen molar-refractivity contribution in [2.75, 3.05) is 39.8 Å². The third-order valence-electron chi connectivity index (χ3n) is 8.85. The largest absolute Gasteiger partial charge is 0.379 e. The van der Waals surface area contributed by atoms with E-state index in [0.29, 0.717) is 47.5 Å². The van der Waals surface area contributed by atoms with E-state index in [1.165, 1.54) is 77.0 Å². The fourth-order valence-electron chi connectivity index (χ4n) is 6.81. The lowest BCUT2D eigenvalue weighted by Crippen LogP contribution is -2.58. The van der Waals surface area contributed by atoms with Gasteiger partial charge in [-0.1, -0.05) is 22.6 Å². The molecule has 6 fully saturated rings. The minimum Gasteiger partial charge on any atom is -0.379 e. The van der Waals surface area contributed by atoms with Crippen molar-refractivity contribution in [1.29, 1.82) is 0 Å². The average molecular weight is 506 g/mol. The summed E-state index contributed by atoms with van der Waals surface area (Å²) < 4.78 is 23.4. The lowest BCUT2D eigenvalue weighted by atomic mass is 9.42. The summed E-state index contributed by atoms with van der Waals surface area (Å²) in [5.41, 5.74) is 1.40. The molecule has 0 unspecified atom stereocenters. The van der Waals surface area contributed by atoms with Gasteiger partial charge in [-0.25, -0.2) is 0 Å². The number of fused-ring (bicyclic) bond motifs is 6. The maximum atomic E-state index is 6.32. The molecule has 0 N–H and O–H groups in total. The molecule has 0 aromatic rings. The SMILES string of the molecule is CCOCCOCCOCOC12CCC(C34CCC(I)(CC3)CC4)(CC1)CC2. The highest BCUT2D eigenvalue weighted by Crippen LogP contribution is 2.70. The van der Waals surface area contributed by atoms with Crippen LogP contribution in [-0.4, -0.2) is 48.9 Å². The Bertz CT molecular complexity index is 474. The summed E-state index contributed by atoms with van der Waals surface area (Å²) in [4.78, 5) is 0. The molecule has 4 bridgehead atoms. The molecule has 6 aliphatic rings. The van der Waals surface area contributed by atoms with Crippen LogP contribution in [0.2, 0.25) is 0 Å². The van der Waals surface area contributed by atoms with E-state index in [2.05, 4.69) is 22.6 Å². The average Bonchev–Trinajstić information content (AvgIpc) is 2.74. The zero-order chi connectivity index (χ0) is 19.6. The number of hydrogen-bond acceptors (Lipinski definition) is 4. The fourth-order valence-corrected chi connectivity index (χ4v) is 7.62. The second-order valence-corrected chi connectivity index (χ2v) is 12.2. The number of halogens is 1. The molecule has 0 spiro atoms. The predicted molar refractivity (Wildman–Crippen MR) is 119 cm³/mol. The summed E-state index contributed by atoms with van der Waals surface area (Å²) in [5, 5.41) is 0. The predicted octanol–water partition coefficient (Wildman–Crippen LogP) is 5.65. The summed E-state index contributed by atoms with van der Waals surface area (Å²) in [6, 6.07) is 0. The molecule has 28 heavy (non-hydrogen) atoms. The van der Waals surface area contributed by atoms with Gasteiger partial charge in [0, 0.05) is 10.0 Å². The summed E-state index contributed by atoms with van der Waals surface area (Å²) in [6.45, 7) is 5.70. The van der Waals surface area contributed by atoms with Crippen molar-refractivity contribution in [1.82, 2.24) is 0 Å². The van der Waals surface area contributed by atoms with Gasteiger partial charge >= 0.3 is 0 Å². The van der Waals surface area contributed by atoms with Crippen LogP contribution in [0.25, 0.3) is 0 Å². The molecule has 6 aliphatic carbocycles. The van der Waals surface area contributed by atoms with Crippen molar-refractivity contribution in [3.63, 3.8) is 0 Å². The summed E-state index contributed by atoms with van der Waals surface area (Å²) in [6.07, 6.45) is 16.8. The molecule has 0 aliphatic heterocycles. The highest BCUT2D eigenvalue weighted by atomic mass is 127. The van der Waals surface area contributed by atoms with E-state index >= 15 is 0 Å². The lowest BCUT2D eigenvalue weighted by Gasteiger charge is -2.66. The quantitative estimate of drug-likeness (QED) is 0.157. The van der Waals surface area contributed by atoms with Crippen LogP contribution in [-0.2, 0) is 18.9 Å². The molecule has 4 nitrogen and oxygen atoms in total. The van der Waals surface area contributed by atoms with Gasteiger partial charge in [0.15, 0.2) is 0 Å². The van der Waals surface area contributed by atoms with Gasteiger partial charge in [-0.3, -0.25) is 0 Å². The van der Waals surface area contributed by atoms with Crippen LogP contribution >= 0.6 is 22.6 Å². The normalized spacial score (nSPS) is 42.2. The third-order valence-corrected chi connectivity index (χ3v) is 10.5. The number of hydrogen-bond donors (Lipinski definition) is 0. The minimum atomic E-state index is 0.102. The molecule has 0 saturated heterocycles. The number of ether oxygens (including phenoxy) is 4. The Labute approximate surface area is 184 Å². The maximum Gasteiger partial charge on any atom is 0.147 e. The molecule has 5 heteroatoms. The van der Waals surface area contributed by atoms with Crippen molar-refractivity contribution in [2.45, 2.75) is 93.0 Å². The topological polar surface area (TPSA) is 36.9 Å². The zero-order valence-electron chi connectivity index (χ0n) is 17.7. The van der Waals surface area contributed by atoms with E-state index in [9.17, 15) is 0 Å². The lowest BCUT2D eigenvalue weighted by molar-refractivity contribution is -0.220. The second kappa shape index (κ2) is 8.97. The summed E-state index contributed by atoms with van der Waals surface area (Å²) in [7, 11) is 0. The first-order valence-electron chi connectivity index (χ1n) is 11.6. The first-order chi connectivity index (χ1) is 13.6. The molecule has 6 saturated carbocycles. The van der Waals surface area contributed by atoms with E-state index in [1.807, 2.05) is 6.92 Å². The van der Waals surface area contributed by atoms with Crippen LogP contribution in [0.15, 0.2) is 0 Å². The van der Waals surface area contributed by atoms with Crippen molar-refractivity contribution in [3.05, 3.63) is 0 Å². The Hall–Kier alpha value is 0.570. The highest BCUT2D eigenvalue weighted by Gasteiger charge is 2.62. The van der Waals surface area contributed by atoms with E-state index in [0.717, 1.165) is 6.61 Å². The van der Waals surface area contributed by atoms with Crippen molar-refractivity contribution in [2.24, 2.45) is 10.8 Å². The van der Waals surface area contributed by atoms with Gasteiger partial charge in [0.2, 0.25) is 0 Å². The van der Waals surface area contributed by atoms with E-state index in [4.69, 9.17) is 18.9 Å². The Morgan fingerprint density at radius 1 is 0.607 bits per heavy atom. The molecule has 162 valence electrons. The van der Waals surface area contributed by atoms with Crippen LogP contribution in [0, 0.1) is 10.8 Å². The standard InChI is InChI=1S/C23H39IO4/c1-2-25-15-16-26-17-18-27-19-28-23-12-6-21(7-13-23,8-14-23)20-3-9-22(24,10-4-20)11-5-20/h2-19H2,1H3.